The number of hydrogen-bond donors (Lipinski definition) is 1. The monoisotopic (exact) mass is 572 g/mol. The van der Waals surface area contributed by atoms with E-state index in [-0.39, 0.29) is 47.0 Å². The number of nitrogens with one attached hydrogen (secondary N) is 1. The molecule has 8 heteroatoms. The number of esters is 1. The van der Waals surface area contributed by atoms with Gasteiger partial charge in [0.1, 0.15) is 0 Å². The van der Waals surface area contributed by atoms with Crippen LogP contribution in [0.1, 0.15) is 34.7 Å². The van der Waals surface area contributed by atoms with Crippen molar-refractivity contribution >= 4 is 51.0 Å². The van der Waals surface area contributed by atoms with Crippen LogP contribution in [0.3, 0.4) is 0 Å². The zero-order valence-corrected chi connectivity index (χ0v) is 22.0. The molecule has 192 valence electrons. The molecule has 3 aromatic carbocycles. The predicted octanol–water partition coefficient (Wildman–Crippen LogP) is 5.17. The summed E-state index contributed by atoms with van der Waals surface area (Å²) in [4.78, 5) is 53.2. The summed E-state index contributed by atoms with van der Waals surface area (Å²) in [5, 5.41) is 2.66. The quantitative estimate of drug-likeness (QED) is 0.325. The number of benzene rings is 3. The summed E-state index contributed by atoms with van der Waals surface area (Å²) >= 11 is 3.33. The van der Waals surface area contributed by atoms with Gasteiger partial charge in [0.25, 0.3) is 5.91 Å². The fourth-order valence-electron chi connectivity index (χ4n) is 6.51. The van der Waals surface area contributed by atoms with Gasteiger partial charge in [-0.2, -0.15) is 0 Å². The maximum absolute atomic E-state index is 13.6. The van der Waals surface area contributed by atoms with Crippen LogP contribution in [-0.2, 0) is 19.1 Å². The van der Waals surface area contributed by atoms with Crippen LogP contribution in [0, 0.1) is 23.7 Å². The van der Waals surface area contributed by atoms with E-state index in [9.17, 15) is 19.2 Å². The minimum atomic E-state index is -0.707. The smallest absolute Gasteiger partial charge is 0.338 e. The van der Waals surface area contributed by atoms with Crippen molar-refractivity contribution in [3.05, 3.63) is 94.5 Å². The third-order valence-electron chi connectivity index (χ3n) is 8.05. The Morgan fingerprint density at radius 2 is 1.63 bits per heavy atom. The minimum Gasteiger partial charge on any atom is -0.452 e. The molecule has 1 heterocycles. The molecule has 0 radical (unpaired) electrons. The average molecular weight is 573 g/mol. The van der Waals surface area contributed by atoms with Gasteiger partial charge >= 0.3 is 5.97 Å². The van der Waals surface area contributed by atoms with Crippen molar-refractivity contribution in [2.75, 3.05) is 16.8 Å². The van der Waals surface area contributed by atoms with Gasteiger partial charge in [0.15, 0.2) is 6.61 Å². The molecule has 1 aliphatic heterocycles. The molecule has 0 aromatic heterocycles. The highest BCUT2D eigenvalue weighted by atomic mass is 79.9. The summed E-state index contributed by atoms with van der Waals surface area (Å²) in [6.07, 6.45) is 1.81. The van der Waals surface area contributed by atoms with Gasteiger partial charge in [0.05, 0.1) is 23.1 Å². The van der Waals surface area contributed by atoms with Gasteiger partial charge in [0, 0.05) is 10.2 Å². The van der Waals surface area contributed by atoms with Crippen molar-refractivity contribution in [2.45, 2.75) is 18.8 Å². The molecule has 0 unspecified atom stereocenters. The Morgan fingerprint density at radius 1 is 0.895 bits per heavy atom. The fraction of sp³-hybridized carbons (Fsp3) is 0.267. The molecule has 1 N–H and O–H groups in total. The average Bonchev–Trinajstić information content (AvgIpc) is 3.60. The molecule has 1 saturated heterocycles. The van der Waals surface area contributed by atoms with E-state index in [2.05, 4.69) is 33.4 Å². The van der Waals surface area contributed by atoms with Crippen molar-refractivity contribution in [3.8, 4) is 0 Å². The second-order valence-electron chi connectivity index (χ2n) is 10.2. The van der Waals surface area contributed by atoms with Gasteiger partial charge in [-0.1, -0.05) is 52.3 Å². The Balaban J connectivity index is 1.14. The molecule has 6 rings (SSSR count). The van der Waals surface area contributed by atoms with E-state index in [4.69, 9.17) is 4.74 Å². The van der Waals surface area contributed by atoms with E-state index in [0.29, 0.717) is 11.4 Å². The van der Waals surface area contributed by atoms with E-state index >= 15 is 0 Å². The highest BCUT2D eigenvalue weighted by molar-refractivity contribution is 9.10. The first kappa shape index (κ1) is 24.6. The van der Waals surface area contributed by atoms with Crippen molar-refractivity contribution in [1.29, 1.82) is 0 Å². The van der Waals surface area contributed by atoms with Crippen molar-refractivity contribution in [2.24, 2.45) is 23.7 Å². The third kappa shape index (κ3) is 4.32. The third-order valence-corrected chi connectivity index (χ3v) is 8.57. The lowest BCUT2D eigenvalue weighted by atomic mass is 9.73. The lowest BCUT2D eigenvalue weighted by molar-refractivity contribution is -0.123. The topological polar surface area (TPSA) is 92.8 Å². The molecular formula is C30H25BrN2O5. The van der Waals surface area contributed by atoms with Crippen molar-refractivity contribution in [1.82, 2.24) is 0 Å². The molecule has 7 nitrogen and oxygen atoms in total. The van der Waals surface area contributed by atoms with Gasteiger partial charge in [0.2, 0.25) is 11.8 Å². The number of nitrogens with zero attached hydrogens (tertiary/aromatic N) is 1. The van der Waals surface area contributed by atoms with Crippen LogP contribution >= 0.6 is 15.9 Å². The number of anilines is 2. The van der Waals surface area contributed by atoms with Crippen LogP contribution in [0.25, 0.3) is 0 Å². The zero-order valence-electron chi connectivity index (χ0n) is 20.4. The predicted molar refractivity (Wildman–Crippen MR) is 144 cm³/mol. The number of hydrogen-bond acceptors (Lipinski definition) is 5. The van der Waals surface area contributed by atoms with Gasteiger partial charge in [-0.25, -0.2) is 4.79 Å². The fourth-order valence-corrected chi connectivity index (χ4v) is 6.78. The Bertz CT molecular complexity index is 1420. The first-order valence-electron chi connectivity index (χ1n) is 12.7. The summed E-state index contributed by atoms with van der Waals surface area (Å²) in [6.45, 7) is -0.463. The summed E-state index contributed by atoms with van der Waals surface area (Å²) in [6, 6.07) is 23.5. The molecule has 3 amide bonds. The van der Waals surface area contributed by atoms with Crippen LogP contribution in [0.2, 0.25) is 0 Å². The number of carbonyl (C=O) groups excluding carboxylic acids is 4. The van der Waals surface area contributed by atoms with E-state index in [1.165, 1.54) is 16.5 Å². The maximum atomic E-state index is 13.6. The Hall–Kier alpha value is -3.78. The minimum absolute atomic E-state index is 0.145. The lowest BCUT2D eigenvalue weighted by Crippen LogP contribution is -2.33. The number of fused-ring (bicyclic) bond motifs is 5. The second kappa shape index (κ2) is 9.83. The molecule has 38 heavy (non-hydrogen) atoms. The number of rotatable bonds is 6. The molecule has 0 spiro atoms. The Labute approximate surface area is 228 Å². The first-order chi connectivity index (χ1) is 18.4. The summed E-state index contributed by atoms with van der Waals surface area (Å²) in [5.74, 6) is -1.57. The first-order valence-corrected chi connectivity index (χ1v) is 13.5. The van der Waals surface area contributed by atoms with Gasteiger partial charge in [-0.15, -0.1) is 0 Å². The molecule has 3 fully saturated rings. The molecule has 3 aliphatic rings. The lowest BCUT2D eigenvalue weighted by Gasteiger charge is -2.28. The largest absolute Gasteiger partial charge is 0.452 e. The molecule has 3 aromatic rings. The molecular weight excluding hydrogens is 548 g/mol. The maximum Gasteiger partial charge on any atom is 0.338 e. The number of imide groups is 1. The Morgan fingerprint density at radius 3 is 2.39 bits per heavy atom. The van der Waals surface area contributed by atoms with Gasteiger partial charge < -0.3 is 10.1 Å². The van der Waals surface area contributed by atoms with Crippen LogP contribution in [0.15, 0.2) is 83.3 Å². The zero-order chi connectivity index (χ0) is 26.4. The molecule has 2 aliphatic carbocycles. The second-order valence-corrected chi connectivity index (χ2v) is 11.1. The Kier molecular flexibility index (Phi) is 6.35. The standard InChI is InChI=1S/C30H25BrN2O5/c31-20-9-11-21(12-10-20)32-25(34)16-38-30(37)18-7-4-8-22(13-18)33-28(35)26-19-14-23(17-5-2-1-3-6-17)24(15-19)27(26)29(33)36/h1-13,19,23-24,26-27H,14-16H2,(H,32,34)/t19-,23+,24+,26+,27-/m0/s1. The number of carbonyl (C=O) groups is 4. The van der Waals surface area contributed by atoms with Crippen molar-refractivity contribution in [3.63, 3.8) is 0 Å². The van der Waals surface area contributed by atoms with Gasteiger partial charge in [-0.3, -0.25) is 19.3 Å². The highest BCUT2D eigenvalue weighted by Crippen LogP contribution is 2.61. The van der Waals surface area contributed by atoms with E-state index in [1.54, 1.807) is 42.5 Å². The summed E-state index contributed by atoms with van der Waals surface area (Å²) in [7, 11) is 0. The number of amides is 3. The summed E-state index contributed by atoms with van der Waals surface area (Å²) < 4.78 is 6.07. The number of halogens is 1. The van der Waals surface area contributed by atoms with Gasteiger partial charge in [-0.05, 0) is 78.6 Å². The normalized spacial score (nSPS) is 25.4. The van der Waals surface area contributed by atoms with Crippen LogP contribution in [-0.4, -0.2) is 30.3 Å². The highest BCUT2D eigenvalue weighted by Gasteiger charge is 2.64. The molecule has 2 saturated carbocycles. The van der Waals surface area contributed by atoms with E-state index in [1.807, 2.05) is 18.2 Å². The van der Waals surface area contributed by atoms with Crippen molar-refractivity contribution < 1.29 is 23.9 Å². The van der Waals surface area contributed by atoms with Crippen LogP contribution in [0.5, 0.6) is 0 Å². The van der Waals surface area contributed by atoms with E-state index in [0.717, 1.165) is 17.3 Å². The van der Waals surface area contributed by atoms with Crippen LogP contribution in [0.4, 0.5) is 11.4 Å². The number of ether oxygens (including phenoxy) is 1. The van der Waals surface area contributed by atoms with E-state index < -0.39 is 18.5 Å². The molecule has 5 atom stereocenters. The SMILES string of the molecule is O=C(COC(=O)c1cccc(N2C(=O)[C@@H]3[C@@H]4C[C@@H]([C@@H]3C2=O)[C@@H](c2ccccc2)C4)c1)Nc1ccc(Br)cc1. The molecule has 2 bridgehead atoms. The van der Waals surface area contributed by atoms with Crippen LogP contribution < -0.4 is 10.2 Å². The summed E-state index contributed by atoms with van der Waals surface area (Å²) in [5.41, 5.74) is 2.34.